The molecule has 22 heavy (non-hydrogen) atoms. The largest absolute Gasteiger partial charge is 0.450 e. The van der Waals surface area contributed by atoms with Gasteiger partial charge in [-0.25, -0.2) is 0 Å². The Morgan fingerprint density at radius 3 is 2.64 bits per heavy atom. The van der Waals surface area contributed by atoms with Crippen molar-refractivity contribution in [1.82, 2.24) is 0 Å². The maximum absolute atomic E-state index is 12.8. The van der Waals surface area contributed by atoms with Crippen LogP contribution in [0, 0.1) is 0 Å². The molecule has 1 aliphatic heterocycles. The number of para-hydroxylation sites is 1. The van der Waals surface area contributed by atoms with E-state index < -0.39 is 0 Å². The zero-order valence-corrected chi connectivity index (χ0v) is 12.0. The number of hydrogen-bond donors (Lipinski definition) is 0. The number of rotatable bonds is 0. The number of anilines is 1. The lowest BCUT2D eigenvalue weighted by Crippen LogP contribution is -2.27. The fraction of sp³-hybridized carbons (Fsp3) is 0.111. The van der Waals surface area contributed by atoms with E-state index in [0.29, 0.717) is 23.4 Å². The summed E-state index contributed by atoms with van der Waals surface area (Å²) in [5, 5.41) is 0.786. The van der Waals surface area contributed by atoms with Crippen LogP contribution in [0.3, 0.4) is 0 Å². The lowest BCUT2D eigenvalue weighted by Gasteiger charge is -2.19. The number of furan rings is 1. The molecule has 0 saturated heterocycles. The molecule has 0 fully saturated rings. The Kier molecular flexibility index (Phi) is 2.66. The summed E-state index contributed by atoms with van der Waals surface area (Å²) >= 11 is 0. The fourth-order valence-electron chi connectivity index (χ4n) is 2.97. The molecule has 2 heterocycles. The van der Waals surface area contributed by atoms with Crippen molar-refractivity contribution in [3.05, 3.63) is 65.4 Å². The minimum atomic E-state index is -0.175. The summed E-state index contributed by atoms with van der Waals surface area (Å²) in [4.78, 5) is 26.6. The molecule has 0 bridgehead atoms. The maximum atomic E-state index is 12.8. The normalized spacial score (nSPS) is 13.7. The number of fused-ring (bicyclic) bond motifs is 4. The second-order valence-corrected chi connectivity index (χ2v) is 5.37. The topological polar surface area (TPSA) is 50.5 Å². The molecule has 108 valence electrons. The number of carbonyl (C=O) groups excluding carboxylic acids is 2. The third kappa shape index (κ3) is 1.70. The second-order valence-electron chi connectivity index (χ2n) is 5.37. The van der Waals surface area contributed by atoms with E-state index in [1.54, 1.807) is 17.0 Å². The van der Waals surface area contributed by atoms with Crippen molar-refractivity contribution < 1.29 is 14.0 Å². The number of amides is 1. The monoisotopic (exact) mass is 291 g/mol. The van der Waals surface area contributed by atoms with Crippen LogP contribution in [0.5, 0.6) is 0 Å². The predicted octanol–water partition coefficient (Wildman–Crippen LogP) is 3.53. The molecule has 2 aromatic carbocycles. The first-order valence-corrected chi connectivity index (χ1v) is 7.09. The van der Waals surface area contributed by atoms with Gasteiger partial charge in [-0.2, -0.15) is 0 Å². The van der Waals surface area contributed by atoms with Crippen molar-refractivity contribution in [2.75, 3.05) is 4.90 Å². The van der Waals surface area contributed by atoms with Crippen molar-refractivity contribution in [2.24, 2.45) is 0 Å². The summed E-state index contributed by atoms with van der Waals surface area (Å²) in [6.45, 7) is 1.87. The summed E-state index contributed by atoms with van der Waals surface area (Å²) in [5.41, 5.74) is 2.61. The van der Waals surface area contributed by atoms with E-state index in [1.165, 1.54) is 6.92 Å². The first-order valence-electron chi connectivity index (χ1n) is 7.09. The number of carbonyl (C=O) groups is 2. The number of benzene rings is 2. The Balaban J connectivity index is 2.08. The first-order chi connectivity index (χ1) is 10.7. The molecule has 4 rings (SSSR count). The van der Waals surface area contributed by atoms with Crippen LogP contribution in [0.2, 0.25) is 0 Å². The minimum absolute atomic E-state index is 0.114. The van der Waals surface area contributed by atoms with E-state index in [9.17, 15) is 9.59 Å². The lowest BCUT2D eigenvalue weighted by atomic mass is 10.0. The summed E-state index contributed by atoms with van der Waals surface area (Å²) in [6.07, 6.45) is 0. The van der Waals surface area contributed by atoms with Crippen molar-refractivity contribution in [2.45, 2.75) is 13.5 Å². The van der Waals surface area contributed by atoms with Crippen LogP contribution in [0.15, 0.2) is 52.9 Å². The van der Waals surface area contributed by atoms with E-state index in [0.717, 1.165) is 10.9 Å². The Labute approximate surface area is 127 Å². The van der Waals surface area contributed by atoms with Crippen LogP contribution < -0.4 is 4.90 Å². The Morgan fingerprint density at radius 1 is 1.09 bits per heavy atom. The average Bonchev–Trinajstić information content (AvgIpc) is 2.85. The SMILES string of the molecule is CC(=O)N1Cc2ccccc2C(=O)c2oc3ccccc3c21. The van der Waals surface area contributed by atoms with E-state index in [2.05, 4.69) is 0 Å². The van der Waals surface area contributed by atoms with Crippen LogP contribution in [0.1, 0.15) is 28.6 Å². The third-order valence-electron chi connectivity index (χ3n) is 4.02. The molecule has 0 N–H and O–H groups in total. The molecule has 0 saturated carbocycles. The van der Waals surface area contributed by atoms with E-state index in [-0.39, 0.29) is 17.5 Å². The van der Waals surface area contributed by atoms with Crippen LogP contribution in [-0.4, -0.2) is 11.7 Å². The van der Waals surface area contributed by atoms with Crippen LogP contribution in [0.25, 0.3) is 11.0 Å². The molecule has 0 atom stereocenters. The highest BCUT2D eigenvalue weighted by molar-refractivity contribution is 6.19. The van der Waals surface area contributed by atoms with Gasteiger partial charge in [0, 0.05) is 17.9 Å². The van der Waals surface area contributed by atoms with Gasteiger partial charge in [-0.3, -0.25) is 9.59 Å². The minimum Gasteiger partial charge on any atom is -0.450 e. The molecule has 1 aliphatic rings. The molecule has 4 heteroatoms. The van der Waals surface area contributed by atoms with Gasteiger partial charge in [0.05, 0.1) is 6.54 Å². The molecule has 0 aliphatic carbocycles. The number of nitrogens with zero attached hydrogens (tertiary/aromatic N) is 1. The van der Waals surface area contributed by atoms with Gasteiger partial charge in [0.25, 0.3) is 0 Å². The highest BCUT2D eigenvalue weighted by atomic mass is 16.3. The quantitative estimate of drug-likeness (QED) is 0.636. The molecule has 4 nitrogen and oxygen atoms in total. The first kappa shape index (κ1) is 12.8. The fourth-order valence-corrected chi connectivity index (χ4v) is 2.97. The van der Waals surface area contributed by atoms with Gasteiger partial charge in [-0.05, 0) is 17.7 Å². The van der Waals surface area contributed by atoms with E-state index in [4.69, 9.17) is 4.42 Å². The highest BCUT2D eigenvalue weighted by Gasteiger charge is 2.32. The van der Waals surface area contributed by atoms with Gasteiger partial charge >= 0.3 is 0 Å². The van der Waals surface area contributed by atoms with E-state index >= 15 is 0 Å². The van der Waals surface area contributed by atoms with Crippen molar-refractivity contribution in [3.8, 4) is 0 Å². The summed E-state index contributed by atoms with van der Waals surface area (Å²) < 4.78 is 5.78. The number of hydrogen-bond acceptors (Lipinski definition) is 3. The van der Waals surface area contributed by atoms with E-state index in [1.807, 2.05) is 36.4 Å². The molecular weight excluding hydrogens is 278 g/mol. The highest BCUT2D eigenvalue weighted by Crippen LogP contribution is 2.38. The smallest absolute Gasteiger partial charge is 0.230 e. The molecule has 0 spiro atoms. The summed E-state index contributed by atoms with van der Waals surface area (Å²) in [6, 6.07) is 14.7. The van der Waals surface area contributed by atoms with Crippen molar-refractivity contribution in [1.29, 1.82) is 0 Å². The Morgan fingerprint density at radius 2 is 1.82 bits per heavy atom. The van der Waals surface area contributed by atoms with Crippen LogP contribution >= 0.6 is 0 Å². The average molecular weight is 291 g/mol. The van der Waals surface area contributed by atoms with Gasteiger partial charge < -0.3 is 9.32 Å². The molecular formula is C18H13NO3. The zero-order valence-electron chi connectivity index (χ0n) is 12.0. The van der Waals surface area contributed by atoms with Gasteiger partial charge in [0.15, 0.2) is 5.76 Å². The molecule has 3 aromatic rings. The van der Waals surface area contributed by atoms with Gasteiger partial charge in [-0.1, -0.05) is 36.4 Å². The molecule has 1 amide bonds. The van der Waals surface area contributed by atoms with Gasteiger partial charge in [0.1, 0.15) is 11.3 Å². The van der Waals surface area contributed by atoms with Crippen molar-refractivity contribution in [3.63, 3.8) is 0 Å². The molecule has 1 aromatic heterocycles. The lowest BCUT2D eigenvalue weighted by molar-refractivity contribution is -0.116. The zero-order chi connectivity index (χ0) is 15.3. The van der Waals surface area contributed by atoms with Crippen LogP contribution in [-0.2, 0) is 11.3 Å². The Bertz CT molecular complexity index is 923. The second kappa shape index (κ2) is 4.56. The number of ketones is 1. The summed E-state index contributed by atoms with van der Waals surface area (Å²) in [7, 11) is 0. The summed E-state index contributed by atoms with van der Waals surface area (Å²) in [5.74, 6) is -0.0517. The predicted molar refractivity (Wildman–Crippen MR) is 83.0 cm³/mol. The standard InChI is InChI=1S/C18H13NO3/c1-11(20)19-10-12-6-2-3-7-13(12)17(21)18-16(19)14-8-4-5-9-15(14)22-18/h2-9H,10H2,1H3. The maximum Gasteiger partial charge on any atom is 0.230 e. The molecule has 0 radical (unpaired) electrons. The molecule has 0 unspecified atom stereocenters. The third-order valence-corrected chi connectivity index (χ3v) is 4.02. The van der Waals surface area contributed by atoms with Crippen LogP contribution in [0.4, 0.5) is 5.69 Å². The van der Waals surface area contributed by atoms with Crippen molar-refractivity contribution >= 4 is 28.3 Å². The Hall–Kier alpha value is -2.88. The van der Waals surface area contributed by atoms with Gasteiger partial charge in [-0.15, -0.1) is 0 Å². The van der Waals surface area contributed by atoms with Gasteiger partial charge in [0.2, 0.25) is 11.7 Å².